The van der Waals surface area contributed by atoms with E-state index in [2.05, 4.69) is 32.3 Å². The van der Waals surface area contributed by atoms with Crippen LogP contribution in [0.4, 0.5) is 10.1 Å². The van der Waals surface area contributed by atoms with Crippen LogP contribution in [0, 0.1) is 18.2 Å². The van der Waals surface area contributed by atoms with Gasteiger partial charge in [0, 0.05) is 24.5 Å². The molecule has 1 atom stereocenters. The molecule has 1 aromatic heterocycles. The maximum Gasteiger partial charge on any atom is 0.170 e. The van der Waals surface area contributed by atoms with Gasteiger partial charge in [-0.25, -0.2) is 14.4 Å². The van der Waals surface area contributed by atoms with Crippen molar-refractivity contribution in [1.29, 1.82) is 5.41 Å². The van der Waals surface area contributed by atoms with Crippen LogP contribution in [0.25, 0.3) is 0 Å². The van der Waals surface area contributed by atoms with Crippen molar-refractivity contribution >= 4 is 17.7 Å². The Labute approximate surface area is 244 Å². The third-order valence-electron chi connectivity index (χ3n) is 6.73. The Bertz CT molecular complexity index is 1090. The molecule has 0 amide bonds. The predicted molar refractivity (Wildman–Crippen MR) is 173 cm³/mol. The van der Waals surface area contributed by atoms with E-state index in [1.807, 2.05) is 56.1 Å². The molecule has 0 aliphatic rings. The number of unbranched alkanes of at least 4 members (excludes halogenated alkanes) is 6. The van der Waals surface area contributed by atoms with Crippen LogP contribution < -0.4 is 4.90 Å². The van der Waals surface area contributed by atoms with Gasteiger partial charge in [-0.2, -0.15) is 0 Å². The molecule has 0 saturated heterocycles. The molecule has 0 saturated carbocycles. The van der Waals surface area contributed by atoms with Gasteiger partial charge in [0.15, 0.2) is 5.84 Å². The van der Waals surface area contributed by atoms with Gasteiger partial charge in [0.05, 0.1) is 11.4 Å². The summed E-state index contributed by atoms with van der Waals surface area (Å²) < 4.78 is 14.2. The number of aromatic nitrogens is 1. The molecule has 1 N–H and O–H groups in total. The number of aryl methyl sites for hydroxylation is 2. The topological polar surface area (TPSA) is 52.3 Å². The van der Waals surface area contributed by atoms with Gasteiger partial charge in [0.2, 0.25) is 0 Å². The number of nitrogens with one attached hydrogen (secondary N) is 1. The first-order valence-corrected chi connectivity index (χ1v) is 15.2. The van der Waals surface area contributed by atoms with E-state index in [0.717, 1.165) is 54.6 Å². The Hall–Kier alpha value is -3.08. The summed E-state index contributed by atoms with van der Waals surface area (Å²) in [6.45, 7) is 18.4. The Morgan fingerprint density at radius 2 is 1.65 bits per heavy atom. The SMILES string of the molecule is C=CN(C=C(C)C)c1ccc(C(=N)N=CC(CCCCC)c2ccc(C)c(F)c2)nc1CC.CCCCCCC. The normalized spacial score (nSPS) is 11.5. The fourth-order valence-corrected chi connectivity index (χ4v) is 4.31. The molecular formula is C35H53FN4. The second-order valence-electron chi connectivity index (χ2n) is 10.6. The smallest absolute Gasteiger partial charge is 0.170 e. The van der Waals surface area contributed by atoms with E-state index < -0.39 is 0 Å². The predicted octanol–water partition coefficient (Wildman–Crippen LogP) is 10.7. The molecule has 0 fully saturated rings. The average molecular weight is 549 g/mol. The summed E-state index contributed by atoms with van der Waals surface area (Å²) in [6.07, 6.45) is 17.4. The highest BCUT2D eigenvalue weighted by Gasteiger charge is 2.14. The van der Waals surface area contributed by atoms with Gasteiger partial charge in [-0.3, -0.25) is 5.41 Å². The molecule has 220 valence electrons. The quantitative estimate of drug-likeness (QED) is 0.137. The Balaban J connectivity index is 0.00000101. The van der Waals surface area contributed by atoms with Crippen LogP contribution >= 0.6 is 0 Å². The summed E-state index contributed by atoms with van der Waals surface area (Å²) in [5.74, 6) is -0.132. The molecule has 0 bridgehead atoms. The fraction of sp³-hybridized carbons (Fsp3) is 0.514. The number of amidine groups is 1. The molecule has 0 spiro atoms. The number of aliphatic imine (C=N–C) groups is 1. The lowest BCUT2D eigenvalue weighted by molar-refractivity contribution is 0.609. The van der Waals surface area contributed by atoms with E-state index in [9.17, 15) is 4.39 Å². The van der Waals surface area contributed by atoms with Crippen LogP contribution in [-0.2, 0) is 6.42 Å². The number of rotatable bonds is 15. The standard InChI is InChI=1S/C28H37FN4.C7H16/c1-7-10-11-12-23(22-14-13-21(6)24(29)17-22)18-31-28(30)26-15-16-27(25(8-2)32-26)33(9-3)19-20(4)5;1-3-5-7-6-4-2/h9,13-19,23,30H,3,7-8,10-12H2,1-2,4-6H3;3-7H2,1-2H3. The van der Waals surface area contributed by atoms with E-state index >= 15 is 0 Å². The highest BCUT2D eigenvalue weighted by atomic mass is 19.1. The van der Waals surface area contributed by atoms with Crippen molar-refractivity contribution in [3.63, 3.8) is 0 Å². The molecule has 4 nitrogen and oxygen atoms in total. The third kappa shape index (κ3) is 12.4. The third-order valence-corrected chi connectivity index (χ3v) is 6.73. The number of pyridine rings is 1. The molecular weight excluding hydrogens is 495 g/mol. The van der Waals surface area contributed by atoms with Crippen LogP contribution in [0.3, 0.4) is 0 Å². The van der Waals surface area contributed by atoms with Gasteiger partial charge in [-0.15, -0.1) is 0 Å². The summed E-state index contributed by atoms with van der Waals surface area (Å²) in [6, 6.07) is 9.14. The number of allylic oxidation sites excluding steroid dienone is 1. The molecule has 0 aliphatic heterocycles. The highest BCUT2D eigenvalue weighted by molar-refractivity contribution is 6.00. The molecule has 40 heavy (non-hydrogen) atoms. The van der Waals surface area contributed by atoms with Gasteiger partial charge >= 0.3 is 0 Å². The summed E-state index contributed by atoms with van der Waals surface area (Å²) in [5, 5.41) is 8.50. The van der Waals surface area contributed by atoms with Crippen molar-refractivity contribution < 1.29 is 4.39 Å². The first-order valence-electron chi connectivity index (χ1n) is 15.2. The van der Waals surface area contributed by atoms with Gasteiger partial charge in [-0.1, -0.05) is 103 Å². The van der Waals surface area contributed by atoms with Gasteiger partial charge < -0.3 is 4.90 Å². The maximum absolute atomic E-state index is 14.2. The summed E-state index contributed by atoms with van der Waals surface area (Å²) in [5.41, 5.74) is 5.03. The molecule has 0 radical (unpaired) electrons. The Morgan fingerprint density at radius 1 is 1.00 bits per heavy atom. The second kappa shape index (κ2) is 19.9. The van der Waals surface area contributed by atoms with Gasteiger partial charge in [0.1, 0.15) is 11.5 Å². The van der Waals surface area contributed by atoms with Crippen molar-refractivity contribution in [2.24, 2.45) is 4.99 Å². The van der Waals surface area contributed by atoms with Crippen molar-refractivity contribution in [2.45, 2.75) is 119 Å². The number of nitrogens with zero attached hydrogens (tertiary/aromatic N) is 3. The first-order chi connectivity index (χ1) is 19.2. The monoisotopic (exact) mass is 548 g/mol. The van der Waals surface area contributed by atoms with E-state index in [1.165, 1.54) is 32.1 Å². The van der Waals surface area contributed by atoms with Crippen LogP contribution in [0.2, 0.25) is 0 Å². The van der Waals surface area contributed by atoms with Gasteiger partial charge in [0.25, 0.3) is 0 Å². The van der Waals surface area contributed by atoms with E-state index in [1.54, 1.807) is 25.4 Å². The molecule has 2 aromatic rings. The molecule has 1 unspecified atom stereocenters. The fourth-order valence-electron chi connectivity index (χ4n) is 4.31. The number of hydrogen-bond acceptors (Lipinski definition) is 3. The van der Waals surface area contributed by atoms with Crippen molar-refractivity contribution in [1.82, 2.24) is 4.98 Å². The lowest BCUT2D eigenvalue weighted by Gasteiger charge is -2.19. The van der Waals surface area contributed by atoms with Crippen LogP contribution in [0.1, 0.15) is 128 Å². The molecule has 1 aromatic carbocycles. The summed E-state index contributed by atoms with van der Waals surface area (Å²) in [4.78, 5) is 11.1. The van der Waals surface area contributed by atoms with E-state index in [0.29, 0.717) is 11.3 Å². The summed E-state index contributed by atoms with van der Waals surface area (Å²) in [7, 11) is 0. The maximum atomic E-state index is 14.2. The number of hydrogen-bond donors (Lipinski definition) is 1. The van der Waals surface area contributed by atoms with E-state index in [-0.39, 0.29) is 17.6 Å². The van der Waals surface area contributed by atoms with Crippen LogP contribution in [0.5, 0.6) is 0 Å². The number of benzene rings is 1. The molecule has 1 heterocycles. The minimum atomic E-state index is -0.204. The molecule has 5 heteroatoms. The average Bonchev–Trinajstić information content (AvgIpc) is 2.95. The number of anilines is 1. The summed E-state index contributed by atoms with van der Waals surface area (Å²) >= 11 is 0. The Kier molecular flexibility index (Phi) is 17.4. The zero-order chi connectivity index (χ0) is 29.9. The minimum Gasteiger partial charge on any atom is -0.323 e. The lowest BCUT2D eigenvalue weighted by atomic mass is 9.93. The first kappa shape index (κ1) is 34.9. The van der Waals surface area contributed by atoms with Crippen LogP contribution in [0.15, 0.2) is 59.9 Å². The minimum absolute atomic E-state index is 0.0363. The number of halogens is 1. The highest BCUT2D eigenvalue weighted by Crippen LogP contribution is 2.24. The molecule has 2 rings (SSSR count). The second-order valence-corrected chi connectivity index (χ2v) is 10.6. The van der Waals surface area contributed by atoms with Crippen molar-refractivity contribution in [3.05, 3.63) is 83.2 Å². The van der Waals surface area contributed by atoms with Gasteiger partial charge in [-0.05, 0) is 62.9 Å². The van der Waals surface area contributed by atoms with Crippen molar-refractivity contribution in [3.8, 4) is 0 Å². The molecule has 0 aliphatic carbocycles. The Morgan fingerprint density at radius 3 is 2.20 bits per heavy atom. The zero-order valence-corrected chi connectivity index (χ0v) is 26.2. The largest absolute Gasteiger partial charge is 0.323 e. The van der Waals surface area contributed by atoms with Crippen molar-refractivity contribution in [2.75, 3.05) is 4.90 Å². The lowest BCUT2D eigenvalue weighted by Crippen LogP contribution is -2.13. The van der Waals surface area contributed by atoms with Crippen LogP contribution in [-0.4, -0.2) is 17.0 Å². The van der Waals surface area contributed by atoms with E-state index in [4.69, 9.17) is 10.4 Å². The zero-order valence-electron chi connectivity index (χ0n) is 26.2.